The number of rotatable bonds is 50. The van der Waals surface area contributed by atoms with Crippen LogP contribution in [-0.4, -0.2) is 87.5 Å². The Morgan fingerprint density at radius 3 is 1.21 bits per heavy atom. The minimum Gasteiger partial charge on any atom is -0.394 e. The number of carbonyl (C=O) groups is 1. The standard InChI is InChI=1S/C58H111NO8/c1-3-5-7-9-11-13-15-17-19-21-23-24-25-26-27-28-30-32-34-36-38-40-42-44-46-48-54(62)59-51(50-66-58-57(65)56(64)55(63)53(49-60)67-58)52(61)47-45-43-41-39-37-35-33-31-29-22-20-18-16-14-12-10-8-6-4-2/h26-27,45,47,51-53,55-58,60-61,63-65H,3-25,28-44,46,48-50H2,1-2H3,(H,59,62)/b27-26-,47-45+. The molecule has 396 valence electrons. The minimum atomic E-state index is -1.57. The molecule has 1 aliphatic rings. The van der Waals surface area contributed by atoms with Crippen LogP contribution in [0, 0.1) is 0 Å². The van der Waals surface area contributed by atoms with E-state index in [-0.39, 0.29) is 12.5 Å². The van der Waals surface area contributed by atoms with E-state index in [0.717, 1.165) is 38.5 Å². The lowest BCUT2D eigenvalue weighted by Gasteiger charge is -2.40. The average Bonchev–Trinajstić information content (AvgIpc) is 3.33. The van der Waals surface area contributed by atoms with E-state index in [1.54, 1.807) is 6.08 Å². The van der Waals surface area contributed by atoms with Crippen LogP contribution in [0.3, 0.4) is 0 Å². The van der Waals surface area contributed by atoms with E-state index >= 15 is 0 Å². The van der Waals surface area contributed by atoms with Gasteiger partial charge in [-0.05, 0) is 44.9 Å². The molecule has 0 aromatic heterocycles. The van der Waals surface area contributed by atoms with Crippen molar-refractivity contribution in [3.8, 4) is 0 Å². The van der Waals surface area contributed by atoms with Crippen molar-refractivity contribution in [2.75, 3.05) is 13.2 Å². The minimum absolute atomic E-state index is 0.175. The molecule has 67 heavy (non-hydrogen) atoms. The first-order chi connectivity index (χ1) is 32.8. The highest BCUT2D eigenvalue weighted by molar-refractivity contribution is 5.76. The molecule has 0 aromatic rings. The summed E-state index contributed by atoms with van der Waals surface area (Å²) >= 11 is 0. The van der Waals surface area contributed by atoms with Crippen LogP contribution < -0.4 is 5.32 Å². The van der Waals surface area contributed by atoms with E-state index in [4.69, 9.17) is 9.47 Å². The third-order valence-corrected chi connectivity index (χ3v) is 14.0. The Morgan fingerprint density at radius 2 is 0.836 bits per heavy atom. The number of nitrogens with one attached hydrogen (secondary N) is 1. The van der Waals surface area contributed by atoms with Gasteiger partial charge in [0.2, 0.25) is 5.91 Å². The van der Waals surface area contributed by atoms with Crippen molar-refractivity contribution in [1.29, 1.82) is 0 Å². The molecule has 1 amide bonds. The Hall–Kier alpha value is -1.33. The molecule has 0 radical (unpaired) electrons. The highest BCUT2D eigenvalue weighted by atomic mass is 16.7. The summed E-state index contributed by atoms with van der Waals surface area (Å²) in [5.74, 6) is -0.175. The number of aliphatic hydroxyl groups excluding tert-OH is 5. The van der Waals surface area contributed by atoms with Crippen molar-refractivity contribution in [2.24, 2.45) is 0 Å². The number of hydrogen-bond donors (Lipinski definition) is 6. The first kappa shape index (κ1) is 63.7. The lowest BCUT2D eigenvalue weighted by atomic mass is 9.99. The molecular formula is C58H111NO8. The Kier molecular flexibility index (Phi) is 45.9. The van der Waals surface area contributed by atoms with E-state index in [1.165, 1.54) is 225 Å². The SMILES string of the molecule is CCCCCCCCCCCCCC/C=C\CCCCCCCCCCCC(=O)NC(COC1OC(CO)C(O)C(O)C1O)C(O)/C=C/CCCCCCCCCCCCCCCCCCC. The first-order valence-electron chi connectivity index (χ1n) is 29.1. The molecule has 9 heteroatoms. The van der Waals surface area contributed by atoms with Crippen molar-refractivity contribution in [1.82, 2.24) is 5.32 Å². The van der Waals surface area contributed by atoms with Crippen LogP contribution in [0.1, 0.15) is 284 Å². The molecule has 7 unspecified atom stereocenters. The number of hydrogen-bond acceptors (Lipinski definition) is 8. The fourth-order valence-electron chi connectivity index (χ4n) is 9.39. The Morgan fingerprint density at radius 1 is 0.493 bits per heavy atom. The van der Waals surface area contributed by atoms with Gasteiger partial charge in [0, 0.05) is 6.42 Å². The molecule has 0 aromatic carbocycles. The van der Waals surface area contributed by atoms with E-state index in [9.17, 15) is 30.3 Å². The van der Waals surface area contributed by atoms with Gasteiger partial charge in [-0.15, -0.1) is 0 Å². The maximum absolute atomic E-state index is 13.1. The Balaban J connectivity index is 2.22. The summed E-state index contributed by atoms with van der Waals surface area (Å²) < 4.78 is 11.3. The van der Waals surface area contributed by atoms with Gasteiger partial charge in [-0.3, -0.25) is 4.79 Å². The molecule has 9 nitrogen and oxygen atoms in total. The summed E-state index contributed by atoms with van der Waals surface area (Å²) in [5.41, 5.74) is 0. The summed E-state index contributed by atoms with van der Waals surface area (Å²) in [4.78, 5) is 13.1. The van der Waals surface area contributed by atoms with Gasteiger partial charge in [0.05, 0.1) is 25.4 Å². The molecule has 1 saturated heterocycles. The third-order valence-electron chi connectivity index (χ3n) is 14.0. The van der Waals surface area contributed by atoms with Crippen LogP contribution in [0.4, 0.5) is 0 Å². The van der Waals surface area contributed by atoms with Gasteiger partial charge in [-0.25, -0.2) is 0 Å². The molecule has 1 heterocycles. The second-order valence-corrected chi connectivity index (χ2v) is 20.4. The van der Waals surface area contributed by atoms with Crippen molar-refractivity contribution in [3.63, 3.8) is 0 Å². The van der Waals surface area contributed by atoms with Crippen LogP contribution in [0.2, 0.25) is 0 Å². The lowest BCUT2D eigenvalue weighted by molar-refractivity contribution is -0.302. The topological polar surface area (TPSA) is 149 Å². The maximum atomic E-state index is 13.1. The normalized spacial score (nSPS) is 19.8. The largest absolute Gasteiger partial charge is 0.394 e. The summed E-state index contributed by atoms with van der Waals surface area (Å²) in [7, 11) is 0. The van der Waals surface area contributed by atoms with Gasteiger partial charge in [0.15, 0.2) is 6.29 Å². The van der Waals surface area contributed by atoms with Crippen molar-refractivity contribution < 1.29 is 39.8 Å². The summed E-state index contributed by atoms with van der Waals surface area (Å²) in [6, 6.07) is -0.804. The lowest BCUT2D eigenvalue weighted by Crippen LogP contribution is -2.60. The molecule has 1 fully saturated rings. The second kappa shape index (κ2) is 48.3. The van der Waals surface area contributed by atoms with E-state index in [2.05, 4.69) is 31.3 Å². The van der Waals surface area contributed by atoms with Crippen LogP contribution in [-0.2, 0) is 14.3 Å². The number of carbonyl (C=O) groups excluding carboxylic acids is 1. The molecule has 0 bridgehead atoms. The zero-order valence-corrected chi connectivity index (χ0v) is 43.9. The molecule has 0 saturated carbocycles. The van der Waals surface area contributed by atoms with Crippen molar-refractivity contribution in [2.45, 2.75) is 326 Å². The monoisotopic (exact) mass is 950 g/mol. The van der Waals surface area contributed by atoms with Gasteiger partial charge >= 0.3 is 0 Å². The average molecular weight is 951 g/mol. The second-order valence-electron chi connectivity index (χ2n) is 20.4. The van der Waals surface area contributed by atoms with Crippen LogP contribution in [0.5, 0.6) is 0 Å². The molecule has 0 spiro atoms. The first-order valence-corrected chi connectivity index (χ1v) is 29.1. The summed E-state index contributed by atoms with van der Waals surface area (Å²) in [5, 5.41) is 54.5. The van der Waals surface area contributed by atoms with Crippen LogP contribution in [0.15, 0.2) is 24.3 Å². The zero-order chi connectivity index (χ0) is 48.7. The molecule has 7 atom stereocenters. The highest BCUT2D eigenvalue weighted by Gasteiger charge is 2.44. The zero-order valence-electron chi connectivity index (χ0n) is 43.9. The molecular weight excluding hydrogens is 839 g/mol. The fraction of sp³-hybridized carbons (Fsp3) is 0.914. The summed E-state index contributed by atoms with van der Waals surface area (Å²) in [6.07, 6.45) is 53.8. The number of unbranched alkanes of at least 4 members (excludes halogenated alkanes) is 38. The molecule has 6 N–H and O–H groups in total. The highest BCUT2D eigenvalue weighted by Crippen LogP contribution is 2.23. The van der Waals surface area contributed by atoms with Crippen molar-refractivity contribution in [3.05, 3.63) is 24.3 Å². The van der Waals surface area contributed by atoms with E-state index in [1.807, 2.05) is 6.08 Å². The number of aliphatic hydroxyl groups is 5. The number of ether oxygens (including phenoxy) is 2. The van der Waals surface area contributed by atoms with Gasteiger partial charge in [-0.1, -0.05) is 256 Å². The Labute approximate surface area is 413 Å². The van der Waals surface area contributed by atoms with Gasteiger partial charge < -0.3 is 40.3 Å². The number of allylic oxidation sites excluding steroid dienone is 3. The molecule has 0 aliphatic carbocycles. The van der Waals surface area contributed by atoms with Gasteiger partial charge in [-0.2, -0.15) is 0 Å². The van der Waals surface area contributed by atoms with E-state index < -0.39 is 49.5 Å². The predicted octanol–water partition coefficient (Wildman–Crippen LogP) is 14.2. The predicted molar refractivity (Wildman–Crippen MR) is 281 cm³/mol. The molecule has 1 aliphatic heterocycles. The van der Waals surface area contributed by atoms with Crippen LogP contribution in [0.25, 0.3) is 0 Å². The Bertz CT molecular complexity index is 1100. The van der Waals surface area contributed by atoms with E-state index in [0.29, 0.717) is 6.42 Å². The van der Waals surface area contributed by atoms with Gasteiger partial charge in [0.1, 0.15) is 24.4 Å². The van der Waals surface area contributed by atoms with Crippen LogP contribution >= 0.6 is 0 Å². The molecule has 1 rings (SSSR count). The van der Waals surface area contributed by atoms with Gasteiger partial charge in [0.25, 0.3) is 0 Å². The third kappa shape index (κ3) is 38.1. The smallest absolute Gasteiger partial charge is 0.220 e. The van der Waals surface area contributed by atoms with Crippen molar-refractivity contribution >= 4 is 5.91 Å². The number of amides is 1. The fourth-order valence-corrected chi connectivity index (χ4v) is 9.39. The maximum Gasteiger partial charge on any atom is 0.220 e. The quantitative estimate of drug-likeness (QED) is 0.0261. The summed E-state index contributed by atoms with van der Waals surface area (Å²) in [6.45, 7) is 3.81.